The zero-order valence-corrected chi connectivity index (χ0v) is 14.7. The minimum Gasteiger partial charge on any atom is -0.386 e. The SMILES string of the molecule is Cc1ccnn1CCC(=O)N(C)C[C@]1(O)CCN(c2ncccn2)C1. The number of rotatable bonds is 6. The molecule has 1 N–H and O–H groups in total. The number of nitrogens with zero attached hydrogens (tertiary/aromatic N) is 6. The van der Waals surface area contributed by atoms with Crippen LogP contribution in [-0.2, 0) is 11.3 Å². The number of likely N-dealkylation sites (N-methyl/N-ethyl adjacent to an activating group) is 1. The molecule has 25 heavy (non-hydrogen) atoms. The standard InChI is InChI=1S/C17H24N6O2/c1-14-4-9-20-23(14)10-5-15(24)21(2)12-17(25)6-11-22(13-17)16-18-7-3-8-19-16/h3-4,7-9,25H,5-6,10-13H2,1-2H3/t17-/m1/s1. The van der Waals surface area contributed by atoms with E-state index in [-0.39, 0.29) is 5.91 Å². The third-order valence-corrected chi connectivity index (χ3v) is 4.59. The molecule has 0 unspecified atom stereocenters. The maximum atomic E-state index is 12.4. The number of hydrogen-bond donors (Lipinski definition) is 1. The van der Waals surface area contributed by atoms with Gasteiger partial charge in [-0.05, 0) is 25.5 Å². The van der Waals surface area contributed by atoms with E-state index in [1.165, 1.54) is 0 Å². The summed E-state index contributed by atoms with van der Waals surface area (Å²) in [6, 6.07) is 3.68. The molecule has 0 bridgehead atoms. The molecule has 0 saturated carbocycles. The van der Waals surface area contributed by atoms with E-state index in [4.69, 9.17) is 0 Å². The highest BCUT2D eigenvalue weighted by atomic mass is 16.3. The van der Waals surface area contributed by atoms with Crippen LogP contribution in [0, 0.1) is 6.92 Å². The molecular weight excluding hydrogens is 320 g/mol. The van der Waals surface area contributed by atoms with Gasteiger partial charge in [-0.1, -0.05) is 0 Å². The Hall–Kier alpha value is -2.48. The lowest BCUT2D eigenvalue weighted by Gasteiger charge is -2.29. The summed E-state index contributed by atoms with van der Waals surface area (Å²) < 4.78 is 1.81. The molecule has 3 heterocycles. The smallest absolute Gasteiger partial charge is 0.225 e. The summed E-state index contributed by atoms with van der Waals surface area (Å²) in [5.74, 6) is 0.610. The molecule has 1 aliphatic rings. The van der Waals surface area contributed by atoms with Gasteiger partial charge in [0.25, 0.3) is 0 Å². The maximum Gasteiger partial charge on any atom is 0.225 e. The van der Waals surface area contributed by atoms with Gasteiger partial charge in [0.2, 0.25) is 11.9 Å². The van der Waals surface area contributed by atoms with E-state index in [0.29, 0.717) is 45.0 Å². The van der Waals surface area contributed by atoms with Crippen molar-refractivity contribution in [3.63, 3.8) is 0 Å². The number of aryl methyl sites for hydroxylation is 2. The Kier molecular flexibility index (Phi) is 4.98. The van der Waals surface area contributed by atoms with Crippen molar-refractivity contribution in [2.75, 3.05) is 31.6 Å². The van der Waals surface area contributed by atoms with Crippen LogP contribution < -0.4 is 4.90 Å². The van der Waals surface area contributed by atoms with Crippen molar-refractivity contribution in [3.05, 3.63) is 36.4 Å². The van der Waals surface area contributed by atoms with Gasteiger partial charge in [0.1, 0.15) is 5.60 Å². The molecule has 2 aromatic rings. The summed E-state index contributed by atoms with van der Waals surface area (Å²) in [7, 11) is 1.73. The molecule has 134 valence electrons. The van der Waals surface area contributed by atoms with Crippen LogP contribution in [0.5, 0.6) is 0 Å². The highest BCUT2D eigenvalue weighted by molar-refractivity contribution is 5.75. The Bertz CT molecular complexity index is 719. The third kappa shape index (κ3) is 4.14. The fourth-order valence-corrected chi connectivity index (χ4v) is 3.17. The van der Waals surface area contributed by atoms with Gasteiger partial charge in [-0.25, -0.2) is 9.97 Å². The summed E-state index contributed by atoms with van der Waals surface area (Å²) in [5, 5.41) is 15.0. The molecule has 0 spiro atoms. The van der Waals surface area contributed by atoms with E-state index in [1.807, 2.05) is 22.6 Å². The van der Waals surface area contributed by atoms with E-state index in [9.17, 15) is 9.90 Å². The van der Waals surface area contributed by atoms with Gasteiger partial charge in [-0.15, -0.1) is 0 Å². The van der Waals surface area contributed by atoms with E-state index in [0.717, 1.165) is 5.69 Å². The molecule has 0 aromatic carbocycles. The second-order valence-corrected chi connectivity index (χ2v) is 6.64. The summed E-state index contributed by atoms with van der Waals surface area (Å²) >= 11 is 0. The number of anilines is 1. The molecule has 1 atom stereocenters. The molecule has 2 aromatic heterocycles. The van der Waals surface area contributed by atoms with E-state index in [2.05, 4.69) is 15.1 Å². The minimum atomic E-state index is -0.939. The number of β-amino-alcohol motifs (C(OH)–C–C–N with tert-alkyl or cyclic N) is 1. The van der Waals surface area contributed by atoms with Crippen molar-refractivity contribution in [2.24, 2.45) is 0 Å². The Morgan fingerprint density at radius 2 is 2.12 bits per heavy atom. The predicted octanol–water partition coefficient (Wildman–Crippen LogP) is 0.471. The van der Waals surface area contributed by atoms with Crippen LogP contribution in [0.15, 0.2) is 30.7 Å². The lowest BCUT2D eigenvalue weighted by Crippen LogP contribution is -2.46. The molecular formula is C17H24N6O2. The first kappa shape index (κ1) is 17.3. The molecule has 1 saturated heterocycles. The number of carbonyl (C=O) groups excluding carboxylic acids is 1. The summed E-state index contributed by atoms with van der Waals surface area (Å²) in [6.07, 6.45) is 6.05. The van der Waals surface area contributed by atoms with Gasteiger partial charge < -0.3 is 14.9 Å². The van der Waals surface area contributed by atoms with E-state index >= 15 is 0 Å². The number of hydrogen-bond acceptors (Lipinski definition) is 6. The Morgan fingerprint density at radius 3 is 2.80 bits per heavy atom. The third-order valence-electron chi connectivity index (χ3n) is 4.59. The highest BCUT2D eigenvalue weighted by Crippen LogP contribution is 2.25. The van der Waals surface area contributed by atoms with Crippen LogP contribution in [0.1, 0.15) is 18.5 Å². The molecule has 3 rings (SSSR count). The van der Waals surface area contributed by atoms with Crippen molar-refractivity contribution >= 4 is 11.9 Å². The molecule has 0 aliphatic carbocycles. The lowest BCUT2D eigenvalue weighted by atomic mass is 10.0. The summed E-state index contributed by atoms with van der Waals surface area (Å²) in [4.78, 5) is 24.4. The van der Waals surface area contributed by atoms with E-state index in [1.54, 1.807) is 36.6 Å². The first-order valence-electron chi connectivity index (χ1n) is 8.44. The molecule has 1 fully saturated rings. The van der Waals surface area contributed by atoms with Gasteiger partial charge in [-0.3, -0.25) is 9.48 Å². The number of amides is 1. The number of carbonyl (C=O) groups is 1. The first-order valence-corrected chi connectivity index (χ1v) is 8.44. The quantitative estimate of drug-likeness (QED) is 0.820. The second-order valence-electron chi connectivity index (χ2n) is 6.64. The summed E-state index contributed by atoms with van der Waals surface area (Å²) in [5.41, 5.74) is 0.0916. The zero-order chi connectivity index (χ0) is 17.9. The van der Waals surface area contributed by atoms with Crippen LogP contribution in [0.3, 0.4) is 0 Å². The van der Waals surface area contributed by atoms with Crippen molar-refractivity contribution in [2.45, 2.75) is 31.9 Å². The van der Waals surface area contributed by atoms with Gasteiger partial charge >= 0.3 is 0 Å². The normalized spacial score (nSPS) is 20.0. The molecule has 0 radical (unpaired) electrons. The lowest BCUT2D eigenvalue weighted by molar-refractivity contribution is -0.133. The van der Waals surface area contributed by atoms with Gasteiger partial charge in [-0.2, -0.15) is 5.10 Å². The van der Waals surface area contributed by atoms with Crippen LogP contribution >= 0.6 is 0 Å². The van der Waals surface area contributed by atoms with Crippen LogP contribution in [0.4, 0.5) is 5.95 Å². The maximum absolute atomic E-state index is 12.4. The second kappa shape index (κ2) is 7.18. The van der Waals surface area contributed by atoms with Crippen LogP contribution in [-0.4, -0.2) is 67.9 Å². The van der Waals surface area contributed by atoms with E-state index < -0.39 is 5.60 Å². The monoisotopic (exact) mass is 344 g/mol. The molecule has 1 amide bonds. The van der Waals surface area contributed by atoms with Crippen LogP contribution in [0.25, 0.3) is 0 Å². The number of aromatic nitrogens is 4. The highest BCUT2D eigenvalue weighted by Gasteiger charge is 2.38. The van der Waals surface area contributed by atoms with Crippen molar-refractivity contribution in [3.8, 4) is 0 Å². The van der Waals surface area contributed by atoms with Crippen molar-refractivity contribution in [1.82, 2.24) is 24.6 Å². The Balaban J connectivity index is 1.52. The average Bonchev–Trinajstić information content (AvgIpc) is 3.19. The average molecular weight is 344 g/mol. The predicted molar refractivity (Wildman–Crippen MR) is 93.0 cm³/mol. The Labute approximate surface area is 147 Å². The summed E-state index contributed by atoms with van der Waals surface area (Å²) in [6.45, 7) is 3.91. The topological polar surface area (TPSA) is 87.4 Å². The van der Waals surface area contributed by atoms with Crippen molar-refractivity contribution in [1.29, 1.82) is 0 Å². The molecule has 1 aliphatic heterocycles. The first-order chi connectivity index (χ1) is 12.0. The fraction of sp³-hybridized carbons (Fsp3) is 0.529. The van der Waals surface area contributed by atoms with Gasteiger partial charge in [0, 0.05) is 50.8 Å². The zero-order valence-electron chi connectivity index (χ0n) is 14.7. The van der Waals surface area contributed by atoms with Gasteiger partial charge in [0.05, 0.1) is 13.1 Å². The molecule has 8 nitrogen and oxygen atoms in total. The van der Waals surface area contributed by atoms with Gasteiger partial charge in [0.15, 0.2) is 0 Å². The minimum absolute atomic E-state index is 0.00210. The number of aliphatic hydroxyl groups is 1. The largest absolute Gasteiger partial charge is 0.386 e. The fourth-order valence-electron chi connectivity index (χ4n) is 3.17. The Morgan fingerprint density at radius 1 is 1.36 bits per heavy atom. The molecule has 8 heteroatoms. The van der Waals surface area contributed by atoms with Crippen LogP contribution in [0.2, 0.25) is 0 Å². The van der Waals surface area contributed by atoms with Crippen molar-refractivity contribution < 1.29 is 9.90 Å².